The van der Waals surface area contributed by atoms with Gasteiger partial charge in [-0.05, 0) is 24.6 Å². The Labute approximate surface area is 106 Å². The molecule has 0 atom stereocenters. The molecule has 0 aromatic heterocycles. The molecule has 0 heterocycles. The van der Waals surface area contributed by atoms with Crippen LogP contribution in [0.4, 0.5) is 0 Å². The van der Waals surface area contributed by atoms with Gasteiger partial charge in [-0.15, -0.1) is 11.6 Å². The zero-order valence-electron chi connectivity index (χ0n) is 9.25. The lowest BCUT2D eigenvalue weighted by molar-refractivity contribution is 0.0765. The van der Waals surface area contributed by atoms with Crippen LogP contribution in [0.5, 0.6) is 0 Å². The fourth-order valence-electron chi connectivity index (χ4n) is 1.49. The Morgan fingerprint density at radius 1 is 1.38 bits per heavy atom. The normalized spacial score (nSPS) is 10.2. The Morgan fingerprint density at radius 2 is 2.12 bits per heavy atom. The van der Waals surface area contributed by atoms with Crippen molar-refractivity contribution in [2.24, 2.45) is 0 Å². The van der Waals surface area contributed by atoms with Crippen LogP contribution in [0.1, 0.15) is 23.7 Å². The lowest BCUT2D eigenvalue weighted by Crippen LogP contribution is -2.33. The van der Waals surface area contributed by atoms with Crippen molar-refractivity contribution in [2.75, 3.05) is 19.0 Å². The third-order valence-corrected chi connectivity index (χ3v) is 2.61. The molecule has 0 unspecified atom stereocenters. The largest absolute Gasteiger partial charge is 0.337 e. The minimum Gasteiger partial charge on any atom is -0.337 e. The number of benzene rings is 1. The molecule has 16 heavy (non-hydrogen) atoms. The minimum absolute atomic E-state index is 0.00926. The molecular weight excluding hydrogens is 245 g/mol. The molecule has 4 heteroatoms. The van der Waals surface area contributed by atoms with Gasteiger partial charge in [0.05, 0.1) is 0 Å². The van der Waals surface area contributed by atoms with E-state index in [2.05, 4.69) is 0 Å². The molecule has 88 valence electrons. The maximum absolute atomic E-state index is 12.1. The SMILES string of the molecule is CCCN(CCCl)C(=O)c1cccc(Cl)c1. The molecule has 1 aromatic carbocycles. The van der Waals surface area contributed by atoms with E-state index in [-0.39, 0.29) is 5.91 Å². The molecule has 2 nitrogen and oxygen atoms in total. The molecule has 1 aromatic rings. The molecule has 1 rings (SSSR count). The molecule has 0 aliphatic carbocycles. The first-order valence-electron chi connectivity index (χ1n) is 5.29. The molecule has 0 fully saturated rings. The maximum atomic E-state index is 12.1. The van der Waals surface area contributed by atoms with Gasteiger partial charge in [0.15, 0.2) is 0 Å². The van der Waals surface area contributed by atoms with Crippen molar-refractivity contribution in [3.05, 3.63) is 34.9 Å². The number of rotatable bonds is 5. The van der Waals surface area contributed by atoms with Crippen LogP contribution in [0.25, 0.3) is 0 Å². The Kier molecular flexibility index (Phi) is 5.64. The molecule has 0 saturated carbocycles. The van der Waals surface area contributed by atoms with Gasteiger partial charge in [-0.2, -0.15) is 0 Å². The molecule has 0 aliphatic rings. The number of nitrogens with zero attached hydrogens (tertiary/aromatic N) is 1. The van der Waals surface area contributed by atoms with Gasteiger partial charge in [0.2, 0.25) is 0 Å². The number of hydrogen-bond donors (Lipinski definition) is 0. The summed E-state index contributed by atoms with van der Waals surface area (Å²) in [5.41, 5.74) is 0.617. The highest BCUT2D eigenvalue weighted by molar-refractivity contribution is 6.30. The van der Waals surface area contributed by atoms with E-state index in [0.29, 0.717) is 23.0 Å². The van der Waals surface area contributed by atoms with Crippen LogP contribution in [-0.2, 0) is 0 Å². The summed E-state index contributed by atoms with van der Waals surface area (Å²) in [5, 5.41) is 0.577. The summed E-state index contributed by atoms with van der Waals surface area (Å²) < 4.78 is 0. The summed E-state index contributed by atoms with van der Waals surface area (Å²) in [6.07, 6.45) is 0.920. The number of carbonyl (C=O) groups is 1. The molecule has 0 N–H and O–H groups in total. The highest BCUT2D eigenvalue weighted by Crippen LogP contribution is 2.13. The molecule has 0 saturated heterocycles. The predicted molar refractivity (Wildman–Crippen MR) is 68.4 cm³/mol. The van der Waals surface area contributed by atoms with Crippen LogP contribution in [0.2, 0.25) is 5.02 Å². The van der Waals surface area contributed by atoms with E-state index in [4.69, 9.17) is 23.2 Å². The van der Waals surface area contributed by atoms with E-state index >= 15 is 0 Å². The summed E-state index contributed by atoms with van der Waals surface area (Å²) in [7, 11) is 0. The number of hydrogen-bond acceptors (Lipinski definition) is 1. The summed E-state index contributed by atoms with van der Waals surface area (Å²) >= 11 is 11.5. The second-order valence-corrected chi connectivity index (χ2v) is 4.31. The fraction of sp³-hybridized carbons (Fsp3) is 0.417. The second-order valence-electron chi connectivity index (χ2n) is 3.49. The quantitative estimate of drug-likeness (QED) is 0.743. The van der Waals surface area contributed by atoms with Crippen LogP contribution >= 0.6 is 23.2 Å². The molecule has 0 bridgehead atoms. The van der Waals surface area contributed by atoms with Gasteiger partial charge < -0.3 is 4.90 Å². The van der Waals surface area contributed by atoms with Gasteiger partial charge in [-0.3, -0.25) is 4.79 Å². The topological polar surface area (TPSA) is 20.3 Å². The average molecular weight is 260 g/mol. The van der Waals surface area contributed by atoms with Crippen LogP contribution in [0.15, 0.2) is 24.3 Å². The van der Waals surface area contributed by atoms with Crippen molar-refractivity contribution in [1.82, 2.24) is 4.90 Å². The summed E-state index contributed by atoms with van der Waals surface area (Å²) in [6, 6.07) is 6.98. The second kappa shape index (κ2) is 6.77. The Hall–Kier alpha value is -0.730. The third kappa shape index (κ3) is 3.69. The van der Waals surface area contributed by atoms with E-state index in [0.717, 1.165) is 13.0 Å². The first-order valence-corrected chi connectivity index (χ1v) is 6.21. The Balaban J connectivity index is 2.81. The monoisotopic (exact) mass is 259 g/mol. The van der Waals surface area contributed by atoms with E-state index < -0.39 is 0 Å². The van der Waals surface area contributed by atoms with E-state index in [1.54, 1.807) is 29.2 Å². The fourth-order valence-corrected chi connectivity index (χ4v) is 1.89. The standard InChI is InChI=1S/C12H15Cl2NO/c1-2-7-15(8-6-13)12(16)10-4-3-5-11(14)9-10/h3-5,9H,2,6-8H2,1H3. The molecule has 0 aliphatic heterocycles. The third-order valence-electron chi connectivity index (χ3n) is 2.21. The average Bonchev–Trinajstić information content (AvgIpc) is 2.28. The van der Waals surface area contributed by atoms with Crippen molar-refractivity contribution in [1.29, 1.82) is 0 Å². The number of alkyl halides is 1. The van der Waals surface area contributed by atoms with Gasteiger partial charge in [0, 0.05) is 29.6 Å². The van der Waals surface area contributed by atoms with Crippen LogP contribution in [-0.4, -0.2) is 29.8 Å². The minimum atomic E-state index is -0.00926. The van der Waals surface area contributed by atoms with Gasteiger partial charge in [-0.25, -0.2) is 0 Å². The van der Waals surface area contributed by atoms with Crippen molar-refractivity contribution < 1.29 is 4.79 Å². The van der Waals surface area contributed by atoms with Crippen molar-refractivity contribution >= 4 is 29.1 Å². The summed E-state index contributed by atoms with van der Waals surface area (Å²) in [6.45, 7) is 3.32. The molecule has 0 radical (unpaired) electrons. The maximum Gasteiger partial charge on any atom is 0.253 e. The first kappa shape index (κ1) is 13.3. The zero-order valence-corrected chi connectivity index (χ0v) is 10.8. The van der Waals surface area contributed by atoms with E-state index in [9.17, 15) is 4.79 Å². The van der Waals surface area contributed by atoms with Gasteiger partial charge in [0.25, 0.3) is 5.91 Å². The van der Waals surface area contributed by atoms with Gasteiger partial charge in [-0.1, -0.05) is 24.6 Å². The van der Waals surface area contributed by atoms with Crippen LogP contribution < -0.4 is 0 Å². The molecule has 1 amide bonds. The smallest absolute Gasteiger partial charge is 0.253 e. The zero-order chi connectivity index (χ0) is 12.0. The van der Waals surface area contributed by atoms with E-state index in [1.807, 2.05) is 6.92 Å². The van der Waals surface area contributed by atoms with E-state index in [1.165, 1.54) is 0 Å². The number of halogens is 2. The molecule has 0 spiro atoms. The van der Waals surface area contributed by atoms with Crippen molar-refractivity contribution in [3.8, 4) is 0 Å². The lowest BCUT2D eigenvalue weighted by atomic mass is 10.2. The highest BCUT2D eigenvalue weighted by atomic mass is 35.5. The van der Waals surface area contributed by atoms with Gasteiger partial charge >= 0.3 is 0 Å². The first-order chi connectivity index (χ1) is 7.69. The highest BCUT2D eigenvalue weighted by Gasteiger charge is 2.14. The number of carbonyl (C=O) groups excluding carboxylic acids is 1. The Morgan fingerprint density at radius 3 is 2.69 bits per heavy atom. The number of amides is 1. The van der Waals surface area contributed by atoms with Crippen LogP contribution in [0.3, 0.4) is 0 Å². The van der Waals surface area contributed by atoms with Crippen LogP contribution in [0, 0.1) is 0 Å². The lowest BCUT2D eigenvalue weighted by Gasteiger charge is -2.21. The summed E-state index contributed by atoms with van der Waals surface area (Å²) in [5.74, 6) is 0.441. The predicted octanol–water partition coefficient (Wildman–Crippen LogP) is 3.43. The van der Waals surface area contributed by atoms with Crippen molar-refractivity contribution in [2.45, 2.75) is 13.3 Å². The Bertz CT molecular complexity index is 349. The molecular formula is C12H15Cl2NO. The summed E-state index contributed by atoms with van der Waals surface area (Å²) in [4.78, 5) is 13.8. The van der Waals surface area contributed by atoms with Gasteiger partial charge in [0.1, 0.15) is 0 Å². The van der Waals surface area contributed by atoms with Crippen molar-refractivity contribution in [3.63, 3.8) is 0 Å².